The van der Waals surface area contributed by atoms with Crippen LogP contribution in [0.15, 0.2) is 182 Å². The number of anilines is 2. The Morgan fingerprint density at radius 3 is 2.17 bits per heavy atom. The minimum atomic E-state index is -3.00. The fraction of sp³-hybridized carbons (Fsp3) is 0.131. The first-order chi connectivity index (χ1) is 37.0. The first kappa shape index (κ1) is 28.8. The summed E-state index contributed by atoms with van der Waals surface area (Å²) >= 11 is 0. The van der Waals surface area contributed by atoms with E-state index in [1.54, 1.807) is 41.1 Å². The molecule has 1 aliphatic rings. The Morgan fingerprint density at radius 1 is 0.621 bits per heavy atom. The van der Waals surface area contributed by atoms with Gasteiger partial charge in [0.15, 0.2) is 0 Å². The predicted molar refractivity (Wildman–Crippen MR) is 278 cm³/mol. The maximum Gasteiger partial charge on any atom is 0.137 e. The van der Waals surface area contributed by atoms with Gasteiger partial charge in [0.2, 0.25) is 0 Å². The summed E-state index contributed by atoms with van der Waals surface area (Å²) in [6, 6.07) is 34.6. The Kier molecular flexibility index (Phi) is 6.59. The fourth-order valence-electron chi connectivity index (χ4n) is 9.80. The van der Waals surface area contributed by atoms with E-state index in [0.717, 1.165) is 65.7 Å². The highest BCUT2D eigenvalue weighted by Crippen LogP contribution is 2.46. The van der Waals surface area contributed by atoms with Crippen molar-refractivity contribution in [3.8, 4) is 28.4 Å². The van der Waals surface area contributed by atoms with Gasteiger partial charge in [-0.2, -0.15) is 0 Å². The van der Waals surface area contributed by atoms with Gasteiger partial charge >= 0.3 is 0 Å². The largest absolute Gasteiger partial charge is 0.457 e. The zero-order valence-corrected chi connectivity index (χ0v) is 37.0. The summed E-state index contributed by atoms with van der Waals surface area (Å²) in [7, 11) is 0. The van der Waals surface area contributed by atoms with Crippen LogP contribution in [0.3, 0.4) is 0 Å². The van der Waals surface area contributed by atoms with E-state index in [4.69, 9.17) is 17.9 Å². The Balaban J connectivity index is 1.17. The van der Waals surface area contributed by atoms with Gasteiger partial charge in [0.1, 0.15) is 24.0 Å². The van der Waals surface area contributed by atoms with E-state index >= 15 is 0 Å². The Bertz CT molecular complexity index is 4490. The van der Waals surface area contributed by atoms with Gasteiger partial charge in [-0.1, -0.05) is 147 Å². The molecule has 5 nitrogen and oxygen atoms in total. The lowest BCUT2D eigenvalue weighted by Gasteiger charge is -2.23. The van der Waals surface area contributed by atoms with Gasteiger partial charge in [-0.3, -0.25) is 4.57 Å². The van der Waals surface area contributed by atoms with Gasteiger partial charge < -0.3 is 14.2 Å². The molecule has 0 fully saturated rings. The molecule has 0 spiro atoms. The van der Waals surface area contributed by atoms with E-state index < -0.39 is 54.7 Å². The van der Waals surface area contributed by atoms with Crippen LogP contribution >= 0.6 is 0 Å². The topological polar surface area (TPSA) is 35.2 Å². The van der Waals surface area contributed by atoms with Gasteiger partial charge in [-0.05, 0) is 118 Å². The molecule has 0 bridgehead atoms. The predicted octanol–water partition coefficient (Wildman–Crippen LogP) is 16.5. The second kappa shape index (κ2) is 15.1. The number of aromatic nitrogens is 3. The lowest BCUT2D eigenvalue weighted by molar-refractivity contribution is 0.480. The summed E-state index contributed by atoms with van der Waals surface area (Å²) in [6.07, 6.45) is 1.65. The number of para-hydroxylation sites is 3. The van der Waals surface area contributed by atoms with Crippen molar-refractivity contribution in [1.82, 2.24) is 14.1 Å². The quantitative estimate of drug-likeness (QED) is 0.173. The van der Waals surface area contributed by atoms with E-state index in [1.165, 1.54) is 0 Å². The van der Waals surface area contributed by atoms with E-state index in [-0.39, 0.29) is 57.7 Å². The molecule has 0 aliphatic carbocycles. The van der Waals surface area contributed by atoms with Crippen molar-refractivity contribution in [2.24, 2.45) is 0 Å². The number of pyridine rings is 1. The van der Waals surface area contributed by atoms with Crippen LogP contribution in [-0.4, -0.2) is 14.1 Å². The molecule has 320 valence electrons. The highest BCUT2D eigenvalue weighted by molar-refractivity contribution is 6.21. The number of ether oxygens (including phenoxy) is 1. The molecule has 0 saturated carbocycles. The minimum Gasteiger partial charge on any atom is -0.457 e. The molecule has 0 N–H and O–H groups in total. The lowest BCUT2D eigenvalue weighted by Crippen LogP contribution is -2.15. The average Bonchev–Trinajstić information content (AvgIpc) is 4.09. The van der Waals surface area contributed by atoms with Crippen molar-refractivity contribution in [1.29, 1.82) is 0 Å². The van der Waals surface area contributed by atoms with Crippen molar-refractivity contribution in [3.05, 3.63) is 204 Å². The maximum absolute atomic E-state index is 9.26. The highest BCUT2D eigenvalue weighted by Gasteiger charge is 2.27. The van der Waals surface area contributed by atoms with Gasteiger partial charge in [0, 0.05) is 49.7 Å². The van der Waals surface area contributed by atoms with E-state index in [2.05, 4.69) is 93.8 Å². The van der Waals surface area contributed by atoms with Crippen molar-refractivity contribution in [2.75, 3.05) is 4.90 Å². The zero-order valence-electron chi connectivity index (χ0n) is 49.0. The van der Waals surface area contributed by atoms with E-state index in [9.17, 15) is 8.22 Å². The van der Waals surface area contributed by atoms with Crippen LogP contribution in [0.1, 0.15) is 59.5 Å². The first-order valence-corrected chi connectivity index (χ1v) is 22.0. The molecule has 0 amide bonds. The third-order valence-corrected chi connectivity index (χ3v) is 12.9. The van der Waals surface area contributed by atoms with Crippen LogP contribution in [0, 0.1) is 20.7 Å². The van der Waals surface area contributed by atoms with Crippen LogP contribution in [0.4, 0.5) is 11.4 Å². The molecule has 1 aliphatic heterocycles. The summed E-state index contributed by atoms with van der Waals surface area (Å²) in [6.45, 7) is 7.53. The smallest absolute Gasteiger partial charge is 0.137 e. The van der Waals surface area contributed by atoms with Crippen molar-refractivity contribution in [3.63, 3.8) is 0 Å². The number of nitrogens with zero attached hydrogens (tertiary/aromatic N) is 4. The monoisotopic (exact) mass is 866 g/mol. The third-order valence-electron chi connectivity index (χ3n) is 12.9. The first-order valence-electron chi connectivity index (χ1n) is 28.0. The molecule has 3 aromatic heterocycles. The number of hydrogen-bond acceptors (Lipinski definition) is 3. The van der Waals surface area contributed by atoms with E-state index in [0.29, 0.717) is 22.4 Å². The maximum atomic E-state index is 9.26. The van der Waals surface area contributed by atoms with Gasteiger partial charge in [-0.15, -0.1) is 0 Å². The molecule has 11 aromatic rings. The standard InChI is InChI=1S/C61H50N4O/c1-38-26-28-47-45-19-10-11-20-46(45)50-23-15-25-55-60(50)64(59-39(2)16-14-22-51(59)53(47)32-38)37-63(55)43-34-52(41-17-8-7-9-18-41)40(3)57(35-43)66-44-27-29-49-48-21-12-13-24-54(48)65(56(49)36-44)58-33-42(30-31-62-58)61(4,5)6/h7-36H,37H2,1-6H3/i3D3,7D,8D,9D,12D,13D,17D,18D,21D,24D. The highest BCUT2D eigenvalue weighted by atomic mass is 16.5. The van der Waals surface area contributed by atoms with Crippen molar-refractivity contribution < 1.29 is 21.2 Å². The summed E-state index contributed by atoms with van der Waals surface area (Å²) in [4.78, 5) is 6.76. The summed E-state index contributed by atoms with van der Waals surface area (Å²) in [5.41, 5.74) is 5.44. The molecule has 66 heavy (non-hydrogen) atoms. The molecule has 8 aromatic carbocycles. The molecular weight excluding hydrogens is 805 g/mol. The Labute approximate surface area is 401 Å². The van der Waals surface area contributed by atoms with Crippen LogP contribution < -0.4 is 9.64 Å². The molecule has 0 radical (unpaired) electrons. The Hall–Kier alpha value is -7.89. The molecule has 5 heteroatoms. The Morgan fingerprint density at radius 2 is 1.35 bits per heavy atom. The van der Waals surface area contributed by atoms with Gasteiger partial charge in [-0.25, -0.2) is 4.98 Å². The van der Waals surface area contributed by atoms with Crippen LogP contribution in [-0.2, 0) is 12.1 Å². The molecule has 12 rings (SSSR count). The van der Waals surface area contributed by atoms with Crippen LogP contribution in [0.2, 0.25) is 0 Å². The van der Waals surface area contributed by atoms with E-state index in [1.807, 2.05) is 41.3 Å². The van der Waals surface area contributed by atoms with Crippen LogP contribution in [0.5, 0.6) is 11.5 Å². The molecule has 4 heterocycles. The summed E-state index contributed by atoms with van der Waals surface area (Å²) < 4.78 is 119. The number of benzene rings is 8. The molecular formula is C61H50N4O. The number of aryl methyl sites for hydroxylation is 2. The average molecular weight is 867 g/mol. The number of fused-ring (bicyclic) bond motifs is 10. The normalized spacial score (nSPS) is 15.4. The lowest BCUT2D eigenvalue weighted by atomic mass is 9.88. The van der Waals surface area contributed by atoms with Gasteiger partial charge in [0.25, 0.3) is 0 Å². The van der Waals surface area contributed by atoms with Gasteiger partial charge in [0.05, 0.1) is 40.1 Å². The second-order valence-electron chi connectivity index (χ2n) is 18.1. The molecule has 0 unspecified atom stereocenters. The fourth-order valence-corrected chi connectivity index (χ4v) is 9.80. The SMILES string of the molecule is [2H]c1c([2H])c([2H])c(-c2cc(N3Cn4c5c(C)cccc5c5cc(C)ccc5c5ccccc5c5cccc3c54)cc(Oc3ccc4c5c([2H])c([2H])c([2H])c([2H])c5n(-c5cc(C(C)(C)C)ccn5)c4c3)c2C([2H])([2H])[2H])c([2H])c1[2H]. The number of hydrogen-bond donors (Lipinski definition) is 0. The summed E-state index contributed by atoms with van der Waals surface area (Å²) in [5, 5.41) is 6.86. The van der Waals surface area contributed by atoms with Crippen molar-refractivity contribution >= 4 is 76.5 Å². The zero-order chi connectivity index (χ0) is 55.2. The second-order valence-corrected chi connectivity index (χ2v) is 18.1. The minimum absolute atomic E-state index is 0.117. The summed E-state index contributed by atoms with van der Waals surface area (Å²) in [5.74, 6) is 0.316. The number of rotatable bonds is 5. The van der Waals surface area contributed by atoms with Crippen LogP contribution in [0.25, 0.3) is 82.1 Å². The van der Waals surface area contributed by atoms with Crippen molar-refractivity contribution in [2.45, 2.75) is 53.6 Å². The molecule has 0 saturated heterocycles. The molecule has 0 atom stereocenters. The third kappa shape index (κ3) is 6.33.